The van der Waals surface area contributed by atoms with Crippen molar-refractivity contribution in [3.05, 3.63) is 0 Å². The topological polar surface area (TPSA) is 141 Å². The number of nitrogens with one attached hydrogen (secondary N) is 2. The van der Waals surface area contributed by atoms with Crippen LogP contribution in [0.1, 0.15) is 12.8 Å². The predicted molar refractivity (Wildman–Crippen MR) is 126 cm³/mol. The molecule has 0 aromatic heterocycles. The lowest BCUT2D eigenvalue weighted by Crippen LogP contribution is -2.56. The normalized spacial score (nSPS) is 14.1. The van der Waals surface area contributed by atoms with Crippen LogP contribution < -0.4 is 10.6 Å². The fourth-order valence-corrected chi connectivity index (χ4v) is 6.47. The van der Waals surface area contributed by atoms with Gasteiger partial charge in [-0.15, -0.1) is 8.78 Å². The Morgan fingerprint density at radius 3 is 1.14 bits per heavy atom. The SMILES string of the molecule is CO[Si](CCCNC(=O)C(F)(F)OC(F)(F)OC(F)(F)C(F)(F)OC(F)(F)C(=O)NCCC[Si](OC)(OC)OC)(OC)OC. The smallest absolute Gasteiger partial charge is 0.377 e. The summed E-state index contributed by atoms with van der Waals surface area (Å²) in [6.45, 7) is -1.39. The molecule has 0 fully saturated rings. The van der Waals surface area contributed by atoms with Crippen molar-refractivity contribution in [3.8, 4) is 0 Å². The number of halogens is 10. The van der Waals surface area contributed by atoms with Gasteiger partial charge in [-0.3, -0.25) is 9.59 Å². The van der Waals surface area contributed by atoms with E-state index in [1.807, 2.05) is 0 Å². The van der Waals surface area contributed by atoms with Gasteiger partial charge in [-0.2, -0.15) is 35.1 Å². The predicted octanol–water partition coefficient (Wildman–Crippen LogP) is 2.73. The van der Waals surface area contributed by atoms with Gasteiger partial charge in [0, 0.05) is 67.8 Å². The minimum Gasteiger partial charge on any atom is -0.377 e. The van der Waals surface area contributed by atoms with Crippen LogP contribution in [0.5, 0.6) is 0 Å². The first-order chi connectivity index (χ1) is 20.0. The first-order valence-electron chi connectivity index (χ1n) is 11.9. The zero-order chi connectivity index (χ0) is 34.7. The molecule has 262 valence electrons. The van der Waals surface area contributed by atoms with Gasteiger partial charge in [-0.05, 0) is 12.8 Å². The zero-order valence-corrected chi connectivity index (χ0v) is 26.0. The third kappa shape index (κ3) is 12.3. The summed E-state index contributed by atoms with van der Waals surface area (Å²) >= 11 is 0. The molecule has 0 aliphatic carbocycles. The number of hydrogen-bond acceptors (Lipinski definition) is 11. The van der Waals surface area contributed by atoms with Crippen molar-refractivity contribution in [1.82, 2.24) is 10.6 Å². The minimum absolute atomic E-state index is 0.0792. The van der Waals surface area contributed by atoms with Gasteiger partial charge in [0.05, 0.1) is 0 Å². The van der Waals surface area contributed by atoms with Crippen molar-refractivity contribution in [3.63, 3.8) is 0 Å². The van der Waals surface area contributed by atoms with Crippen molar-refractivity contribution in [1.29, 1.82) is 0 Å². The molecular weight excluding hydrogens is 678 g/mol. The van der Waals surface area contributed by atoms with E-state index in [4.69, 9.17) is 26.6 Å². The molecule has 0 aromatic carbocycles. The highest BCUT2D eigenvalue weighted by Gasteiger charge is 2.70. The second kappa shape index (κ2) is 16.7. The standard InChI is InChI=1S/C19H32F10N2O11Si2/c1-34-43(35-2,36-3)11-7-9-30-13(32)15(20,21)40-17(24,25)18(26,27)42-19(28,29)41-16(22,23)14(33)31-10-8-12-44(37-4,38-5)39-6/h7-12H2,1-6H3,(H,30,32)(H,31,33). The van der Waals surface area contributed by atoms with Crippen LogP contribution in [0, 0.1) is 0 Å². The summed E-state index contributed by atoms with van der Waals surface area (Å²) in [4.78, 5) is 23.1. The van der Waals surface area contributed by atoms with Crippen LogP contribution in [0.3, 0.4) is 0 Å². The van der Waals surface area contributed by atoms with Crippen molar-refractivity contribution in [2.75, 3.05) is 55.7 Å². The number of carbonyl (C=O) groups excluding carboxylic acids is 2. The van der Waals surface area contributed by atoms with E-state index in [2.05, 4.69) is 14.2 Å². The van der Waals surface area contributed by atoms with Gasteiger partial charge in [-0.1, -0.05) is 0 Å². The van der Waals surface area contributed by atoms with Crippen LogP contribution in [-0.4, -0.2) is 116 Å². The summed E-state index contributed by atoms with van der Waals surface area (Å²) in [5.74, 6) is -5.38. The van der Waals surface area contributed by atoms with Crippen LogP contribution in [0.2, 0.25) is 12.1 Å². The third-order valence-electron chi connectivity index (χ3n) is 5.37. The molecule has 0 radical (unpaired) electrons. The van der Waals surface area contributed by atoms with E-state index in [1.165, 1.54) is 53.3 Å². The number of ether oxygens (including phenoxy) is 3. The number of carbonyl (C=O) groups is 2. The Morgan fingerprint density at radius 2 is 0.818 bits per heavy atom. The maximum atomic E-state index is 13.8. The van der Waals surface area contributed by atoms with E-state index >= 15 is 0 Å². The Bertz CT molecular complexity index is 901. The van der Waals surface area contributed by atoms with Gasteiger partial charge in [0.15, 0.2) is 0 Å². The molecule has 0 heterocycles. The molecule has 44 heavy (non-hydrogen) atoms. The van der Waals surface area contributed by atoms with Gasteiger partial charge in [0.2, 0.25) is 0 Å². The molecular formula is C19H32F10N2O11Si2. The van der Waals surface area contributed by atoms with E-state index in [0.29, 0.717) is 0 Å². The molecule has 0 saturated heterocycles. The summed E-state index contributed by atoms with van der Waals surface area (Å²) in [5.41, 5.74) is 0. The Morgan fingerprint density at radius 1 is 0.523 bits per heavy atom. The monoisotopic (exact) mass is 710 g/mol. The second-order valence-corrected chi connectivity index (χ2v) is 14.3. The fraction of sp³-hybridized carbons (Fsp3) is 0.895. The molecule has 2 amide bonds. The minimum atomic E-state index is -6.85. The van der Waals surface area contributed by atoms with Crippen LogP contribution in [0.25, 0.3) is 0 Å². The largest absolute Gasteiger partial charge is 0.500 e. The molecule has 0 aliphatic rings. The Hall–Kier alpha value is -1.69. The average molecular weight is 711 g/mol. The maximum Gasteiger partial charge on any atom is 0.500 e. The van der Waals surface area contributed by atoms with E-state index in [1.54, 1.807) is 0 Å². The quantitative estimate of drug-likeness (QED) is 0.0700. The Labute approximate surface area is 246 Å². The van der Waals surface area contributed by atoms with Crippen LogP contribution in [-0.2, 0) is 50.4 Å². The molecule has 0 spiro atoms. The molecule has 25 heteroatoms. The lowest BCUT2D eigenvalue weighted by molar-refractivity contribution is -0.558. The summed E-state index contributed by atoms with van der Waals surface area (Å²) in [6.07, 6.45) is -31.9. The van der Waals surface area contributed by atoms with Gasteiger partial charge in [0.25, 0.3) is 0 Å². The highest BCUT2D eigenvalue weighted by molar-refractivity contribution is 6.60. The summed E-state index contributed by atoms with van der Waals surface area (Å²) < 4.78 is 175. The average Bonchev–Trinajstić information content (AvgIpc) is 2.91. The molecule has 0 atom stereocenters. The number of hydrogen-bond donors (Lipinski definition) is 2. The highest BCUT2D eigenvalue weighted by Crippen LogP contribution is 2.44. The lowest BCUT2D eigenvalue weighted by atomic mass is 10.4. The van der Waals surface area contributed by atoms with E-state index < -0.39 is 73.2 Å². The first-order valence-corrected chi connectivity index (χ1v) is 15.7. The summed E-state index contributed by atoms with van der Waals surface area (Å²) in [7, 11) is 0.692. The van der Waals surface area contributed by atoms with Gasteiger partial charge >= 0.3 is 60.2 Å². The molecule has 2 N–H and O–H groups in total. The van der Waals surface area contributed by atoms with E-state index in [-0.39, 0.29) is 24.9 Å². The lowest BCUT2D eigenvalue weighted by Gasteiger charge is -2.31. The summed E-state index contributed by atoms with van der Waals surface area (Å²) in [6, 6.07) is -0.176. The molecule has 0 aliphatic heterocycles. The van der Waals surface area contributed by atoms with Crippen molar-refractivity contribution in [2.24, 2.45) is 0 Å². The van der Waals surface area contributed by atoms with Gasteiger partial charge in [-0.25, -0.2) is 14.2 Å². The fourth-order valence-electron chi connectivity index (χ4n) is 3.02. The van der Waals surface area contributed by atoms with Crippen LogP contribution in [0.4, 0.5) is 43.9 Å². The molecule has 0 bridgehead atoms. The Balaban J connectivity index is 5.23. The molecule has 0 saturated carbocycles. The van der Waals surface area contributed by atoms with Crippen molar-refractivity contribution >= 4 is 29.4 Å². The second-order valence-electron chi connectivity index (χ2n) is 8.15. The van der Waals surface area contributed by atoms with Crippen molar-refractivity contribution < 1.29 is 94.3 Å². The zero-order valence-electron chi connectivity index (χ0n) is 24.0. The van der Waals surface area contributed by atoms with Crippen LogP contribution >= 0.6 is 0 Å². The van der Waals surface area contributed by atoms with E-state index in [0.717, 1.165) is 0 Å². The highest BCUT2D eigenvalue weighted by atomic mass is 28.4. The van der Waals surface area contributed by atoms with Crippen molar-refractivity contribution in [2.45, 2.75) is 55.7 Å². The number of alkyl halides is 10. The van der Waals surface area contributed by atoms with Crippen LogP contribution in [0.15, 0.2) is 0 Å². The van der Waals surface area contributed by atoms with Gasteiger partial charge < -0.3 is 37.2 Å². The van der Waals surface area contributed by atoms with Gasteiger partial charge in [0.1, 0.15) is 0 Å². The third-order valence-corrected chi connectivity index (χ3v) is 11.0. The van der Waals surface area contributed by atoms with E-state index in [9.17, 15) is 53.5 Å². The maximum absolute atomic E-state index is 13.8. The first kappa shape index (κ1) is 42.3. The molecule has 0 aromatic rings. The molecule has 13 nitrogen and oxygen atoms in total. The molecule has 0 rings (SSSR count). The number of rotatable bonds is 23. The Kier molecular flexibility index (Phi) is 16.1. The molecule has 0 unspecified atom stereocenters. The summed E-state index contributed by atoms with van der Waals surface area (Å²) in [5, 5.41) is 2.76. The number of amides is 2.